The molecule has 3 amide bonds. The van der Waals surface area contributed by atoms with Gasteiger partial charge in [0.25, 0.3) is 0 Å². The summed E-state index contributed by atoms with van der Waals surface area (Å²) in [6, 6.07) is -5.38. The van der Waals surface area contributed by atoms with Crippen molar-refractivity contribution in [2.45, 2.75) is 43.4 Å². The summed E-state index contributed by atoms with van der Waals surface area (Å²) in [6.45, 7) is -0.880. The summed E-state index contributed by atoms with van der Waals surface area (Å²) in [7, 11) is 0. The number of H-pyrrole nitrogens is 1. The Morgan fingerprint density at radius 2 is 1.62 bits per heavy atom. The van der Waals surface area contributed by atoms with Gasteiger partial charge in [-0.3, -0.25) is 19.2 Å². The highest BCUT2D eigenvalue weighted by molar-refractivity contribution is 7.80. The van der Waals surface area contributed by atoms with Crippen molar-refractivity contribution in [1.29, 1.82) is 0 Å². The third kappa shape index (κ3) is 8.91. The number of rotatable bonds is 14. The molecule has 32 heavy (non-hydrogen) atoms. The average molecular weight is 474 g/mol. The molecule has 0 aliphatic rings. The summed E-state index contributed by atoms with van der Waals surface area (Å²) in [5, 5.41) is 33.9. The number of imidazole rings is 1. The molecule has 0 aliphatic heterocycles. The van der Waals surface area contributed by atoms with Gasteiger partial charge in [0.05, 0.1) is 19.0 Å². The van der Waals surface area contributed by atoms with Crippen LogP contribution in [-0.2, 0) is 30.4 Å². The average Bonchev–Trinajstić information content (AvgIpc) is 3.25. The largest absolute Gasteiger partial charge is 0.481 e. The monoisotopic (exact) mass is 474 g/mol. The van der Waals surface area contributed by atoms with E-state index in [1.165, 1.54) is 12.5 Å². The highest BCUT2D eigenvalue weighted by atomic mass is 32.1. The number of aromatic nitrogens is 2. The summed E-state index contributed by atoms with van der Waals surface area (Å²) in [4.78, 5) is 65.7. The van der Waals surface area contributed by atoms with Crippen LogP contribution in [0.5, 0.6) is 0 Å². The van der Waals surface area contributed by atoms with Gasteiger partial charge in [0, 0.05) is 30.5 Å². The van der Waals surface area contributed by atoms with Crippen LogP contribution in [0.3, 0.4) is 0 Å². The normalized spacial score (nSPS) is 14.5. The Balaban J connectivity index is 2.83. The zero-order chi connectivity index (χ0) is 24.3. The minimum absolute atomic E-state index is 0.0705. The van der Waals surface area contributed by atoms with Crippen molar-refractivity contribution in [3.05, 3.63) is 18.2 Å². The van der Waals surface area contributed by atoms with Gasteiger partial charge in [-0.25, -0.2) is 9.78 Å². The lowest BCUT2D eigenvalue weighted by Gasteiger charge is -2.23. The topological polar surface area (TPSA) is 237 Å². The van der Waals surface area contributed by atoms with E-state index < -0.39 is 66.9 Å². The lowest BCUT2D eigenvalue weighted by Crippen LogP contribution is -2.58. The quantitative estimate of drug-likeness (QED) is 0.121. The van der Waals surface area contributed by atoms with Crippen LogP contribution in [0.2, 0.25) is 0 Å². The van der Waals surface area contributed by atoms with Gasteiger partial charge < -0.3 is 42.0 Å². The van der Waals surface area contributed by atoms with Crippen LogP contribution in [0.1, 0.15) is 18.5 Å². The first-order valence-corrected chi connectivity index (χ1v) is 10.0. The Kier molecular flexibility index (Phi) is 11.2. The van der Waals surface area contributed by atoms with Gasteiger partial charge >= 0.3 is 11.9 Å². The third-order valence-corrected chi connectivity index (χ3v) is 4.59. The molecule has 4 atom stereocenters. The van der Waals surface area contributed by atoms with E-state index in [0.29, 0.717) is 5.69 Å². The molecule has 0 aliphatic carbocycles. The van der Waals surface area contributed by atoms with Crippen molar-refractivity contribution >= 4 is 42.3 Å². The predicted molar refractivity (Wildman–Crippen MR) is 112 cm³/mol. The highest BCUT2D eigenvalue weighted by Crippen LogP contribution is 2.03. The molecule has 178 valence electrons. The SMILES string of the molecule is NC(Cc1cnc[nH]1)C(=O)NC(CCC(=O)O)C(=O)NC(CO)C(=O)NC(CS)C(=O)O. The van der Waals surface area contributed by atoms with E-state index in [2.05, 4.69) is 38.5 Å². The second-order valence-electron chi connectivity index (χ2n) is 6.71. The molecule has 1 aromatic rings. The molecule has 1 rings (SSSR count). The van der Waals surface area contributed by atoms with Crippen LogP contribution in [0.4, 0.5) is 0 Å². The summed E-state index contributed by atoms with van der Waals surface area (Å²) in [6.07, 6.45) is 2.12. The molecule has 1 aromatic heterocycles. The van der Waals surface area contributed by atoms with Gasteiger partial charge in [0.1, 0.15) is 18.1 Å². The number of nitrogens with two attached hydrogens (primary N) is 1. The maximum absolute atomic E-state index is 12.6. The molecular weight excluding hydrogens is 448 g/mol. The molecule has 0 bridgehead atoms. The molecule has 0 saturated carbocycles. The molecule has 0 radical (unpaired) electrons. The fourth-order valence-corrected chi connectivity index (χ4v) is 2.71. The summed E-state index contributed by atoms with van der Waals surface area (Å²) < 4.78 is 0. The number of aliphatic hydroxyl groups excluding tert-OH is 1. The number of hydrogen-bond donors (Lipinski definition) is 9. The van der Waals surface area contributed by atoms with Crippen molar-refractivity contribution in [2.75, 3.05) is 12.4 Å². The minimum Gasteiger partial charge on any atom is -0.481 e. The van der Waals surface area contributed by atoms with Crippen molar-refractivity contribution in [2.24, 2.45) is 5.73 Å². The number of carbonyl (C=O) groups excluding carboxylic acids is 3. The second kappa shape index (κ2) is 13.3. The summed E-state index contributed by atoms with van der Waals surface area (Å²) >= 11 is 3.80. The molecule has 0 spiro atoms. The number of carbonyl (C=O) groups is 5. The molecule has 0 fully saturated rings. The number of carboxylic acid groups (broad SMARTS) is 2. The Labute approximate surface area is 187 Å². The maximum atomic E-state index is 12.6. The number of aromatic amines is 1. The molecule has 0 saturated heterocycles. The van der Waals surface area contributed by atoms with Crippen LogP contribution in [0.25, 0.3) is 0 Å². The molecule has 1 heterocycles. The second-order valence-corrected chi connectivity index (χ2v) is 7.07. The number of aliphatic hydroxyl groups is 1. The Hall–Kier alpha value is -3.17. The lowest BCUT2D eigenvalue weighted by molar-refractivity contribution is -0.142. The fraction of sp³-hybridized carbons (Fsp3) is 0.529. The number of hydrogen-bond acceptors (Lipinski definition) is 9. The number of nitrogens with one attached hydrogen (secondary N) is 4. The molecule has 4 unspecified atom stereocenters. The maximum Gasteiger partial charge on any atom is 0.327 e. The van der Waals surface area contributed by atoms with Crippen LogP contribution < -0.4 is 21.7 Å². The predicted octanol–water partition coefficient (Wildman–Crippen LogP) is -3.39. The highest BCUT2D eigenvalue weighted by Gasteiger charge is 2.30. The fourth-order valence-electron chi connectivity index (χ4n) is 2.47. The van der Waals surface area contributed by atoms with E-state index in [4.69, 9.17) is 15.9 Å². The number of nitrogens with zero attached hydrogens (tertiary/aromatic N) is 1. The number of amides is 3. The first kappa shape index (κ1) is 26.9. The molecular formula is C17H26N6O8S. The van der Waals surface area contributed by atoms with Crippen LogP contribution >= 0.6 is 12.6 Å². The lowest BCUT2D eigenvalue weighted by atomic mass is 10.1. The number of aliphatic carboxylic acids is 2. The smallest absolute Gasteiger partial charge is 0.327 e. The Morgan fingerprint density at radius 3 is 2.12 bits per heavy atom. The van der Waals surface area contributed by atoms with E-state index in [0.717, 1.165) is 0 Å². The van der Waals surface area contributed by atoms with E-state index in [-0.39, 0.29) is 18.6 Å². The first-order chi connectivity index (χ1) is 15.1. The van der Waals surface area contributed by atoms with Crippen molar-refractivity contribution < 1.29 is 39.3 Å². The van der Waals surface area contributed by atoms with Gasteiger partial charge in [0.2, 0.25) is 17.7 Å². The van der Waals surface area contributed by atoms with E-state index in [9.17, 15) is 29.1 Å². The Morgan fingerprint density at radius 1 is 1.03 bits per heavy atom. The van der Waals surface area contributed by atoms with Gasteiger partial charge in [-0.05, 0) is 6.42 Å². The van der Waals surface area contributed by atoms with Gasteiger partial charge in [-0.1, -0.05) is 0 Å². The van der Waals surface area contributed by atoms with E-state index >= 15 is 0 Å². The van der Waals surface area contributed by atoms with Gasteiger partial charge in [-0.15, -0.1) is 0 Å². The van der Waals surface area contributed by atoms with Crippen LogP contribution in [-0.4, -0.2) is 91.5 Å². The first-order valence-electron chi connectivity index (χ1n) is 9.39. The molecule has 0 aromatic carbocycles. The number of thiol groups is 1. The molecule has 14 nitrogen and oxygen atoms in total. The summed E-state index contributed by atoms with van der Waals surface area (Å²) in [5.74, 6) is -5.54. The molecule has 9 N–H and O–H groups in total. The summed E-state index contributed by atoms with van der Waals surface area (Å²) in [5.41, 5.74) is 6.38. The third-order valence-electron chi connectivity index (χ3n) is 4.22. The Bertz CT molecular complexity index is 805. The standard InChI is InChI=1S/C17H26N6O8S/c18-9(3-8-4-19-7-20-8)14(27)21-10(1-2-13(25)26)15(28)22-11(5-24)16(29)23-12(6-32)17(30)31/h4,7,9-12,24,32H,1-3,5-6,18H2,(H,19,20)(H,21,27)(H,22,28)(H,23,29)(H,25,26)(H,30,31). The number of carboxylic acids is 2. The minimum atomic E-state index is -1.55. The zero-order valence-electron chi connectivity index (χ0n) is 16.9. The van der Waals surface area contributed by atoms with Crippen LogP contribution in [0.15, 0.2) is 12.5 Å². The molecule has 15 heteroatoms. The van der Waals surface area contributed by atoms with Crippen molar-refractivity contribution in [3.8, 4) is 0 Å². The van der Waals surface area contributed by atoms with Crippen molar-refractivity contribution in [1.82, 2.24) is 25.9 Å². The van der Waals surface area contributed by atoms with E-state index in [1.807, 2.05) is 0 Å². The van der Waals surface area contributed by atoms with Crippen molar-refractivity contribution in [3.63, 3.8) is 0 Å². The van der Waals surface area contributed by atoms with Crippen LogP contribution in [0, 0.1) is 0 Å². The zero-order valence-corrected chi connectivity index (χ0v) is 17.7. The van der Waals surface area contributed by atoms with E-state index in [1.54, 1.807) is 0 Å². The van der Waals surface area contributed by atoms with Gasteiger partial charge in [0.15, 0.2) is 0 Å². The van der Waals surface area contributed by atoms with Gasteiger partial charge in [-0.2, -0.15) is 12.6 Å².